The monoisotopic (exact) mass is 880 g/mol. The van der Waals surface area contributed by atoms with Gasteiger partial charge in [0, 0.05) is 49.0 Å². The van der Waals surface area contributed by atoms with Crippen LogP contribution in [0.25, 0.3) is 149 Å². The van der Waals surface area contributed by atoms with Gasteiger partial charge in [-0.1, -0.05) is 146 Å². The summed E-state index contributed by atoms with van der Waals surface area (Å²) in [6, 6.07) is 77.0. The molecule has 0 fully saturated rings. The average Bonchev–Trinajstić information content (AvgIpc) is 4.07. The van der Waals surface area contributed by atoms with E-state index in [4.69, 9.17) is 23.8 Å². The van der Waals surface area contributed by atoms with E-state index < -0.39 is 0 Å². The van der Waals surface area contributed by atoms with Gasteiger partial charge in [-0.15, -0.1) is 0 Å². The normalized spacial score (nSPS) is 12.1. The predicted molar refractivity (Wildman–Crippen MR) is 283 cm³/mol. The van der Waals surface area contributed by atoms with Crippen LogP contribution in [-0.4, -0.2) is 19.5 Å². The van der Waals surface area contributed by atoms with Gasteiger partial charge in [0.25, 0.3) is 0 Å². The van der Waals surface area contributed by atoms with Crippen molar-refractivity contribution in [3.05, 3.63) is 218 Å². The first-order valence-electron chi connectivity index (χ1n) is 23.2. The zero-order valence-corrected chi connectivity index (χ0v) is 36.9. The molecule has 15 rings (SSSR count). The summed E-state index contributed by atoms with van der Waals surface area (Å²) in [7, 11) is 0. The largest absolute Gasteiger partial charge is 0.456 e. The number of aromatic nitrogens is 4. The maximum Gasteiger partial charge on any atom is 0.166 e. The van der Waals surface area contributed by atoms with Gasteiger partial charge in [0.2, 0.25) is 0 Å². The van der Waals surface area contributed by atoms with E-state index in [1.807, 2.05) is 24.3 Å². The van der Waals surface area contributed by atoms with Crippen molar-refractivity contribution in [2.45, 2.75) is 0 Å². The molecule has 0 aliphatic heterocycles. The molecule has 0 saturated carbocycles. The maximum atomic E-state index is 7.22. The lowest BCUT2D eigenvalue weighted by Gasteiger charge is -2.16. The summed E-state index contributed by atoms with van der Waals surface area (Å²) < 4.78 is 16.0. The van der Waals surface area contributed by atoms with Crippen LogP contribution in [0.2, 0.25) is 0 Å². The van der Waals surface area contributed by atoms with E-state index in [1.54, 1.807) is 0 Å². The molecule has 320 valence electrons. The van der Waals surface area contributed by atoms with E-state index >= 15 is 0 Å². The van der Waals surface area contributed by atoms with Crippen LogP contribution >= 0.6 is 0 Å². The predicted octanol–water partition coefficient (Wildman–Crippen LogP) is 16.9. The average molecular weight is 881 g/mol. The third kappa shape index (κ3) is 5.89. The second-order valence-corrected chi connectivity index (χ2v) is 18.0. The van der Waals surface area contributed by atoms with Gasteiger partial charge < -0.3 is 13.4 Å². The van der Waals surface area contributed by atoms with Gasteiger partial charge in [-0.25, -0.2) is 15.0 Å². The van der Waals surface area contributed by atoms with Gasteiger partial charge in [0.05, 0.1) is 11.0 Å². The van der Waals surface area contributed by atoms with Crippen LogP contribution in [0.1, 0.15) is 0 Å². The minimum atomic E-state index is 0.518. The Bertz CT molecular complexity index is 4530. The number of nitrogens with zero attached hydrogens (tertiary/aromatic N) is 4. The molecule has 4 heterocycles. The van der Waals surface area contributed by atoms with Crippen LogP contribution in [0.15, 0.2) is 227 Å². The number of benzene rings is 11. The highest BCUT2D eigenvalue weighted by atomic mass is 16.3. The summed E-state index contributed by atoms with van der Waals surface area (Å²) in [5, 5.41) is 13.4. The molecule has 0 aliphatic rings. The Labute approximate surface area is 394 Å². The minimum absolute atomic E-state index is 0.518. The van der Waals surface area contributed by atoms with Crippen LogP contribution in [0, 0.1) is 0 Å². The summed E-state index contributed by atoms with van der Waals surface area (Å²) in [5.41, 5.74) is 10.8. The molecular weight excluding hydrogens is 845 g/mol. The van der Waals surface area contributed by atoms with Crippen molar-refractivity contribution in [2.75, 3.05) is 0 Å². The van der Waals surface area contributed by atoms with Gasteiger partial charge in [-0.2, -0.15) is 0 Å². The van der Waals surface area contributed by atoms with Crippen molar-refractivity contribution in [3.63, 3.8) is 0 Å². The van der Waals surface area contributed by atoms with Crippen molar-refractivity contribution >= 4 is 98.0 Å². The van der Waals surface area contributed by atoms with Gasteiger partial charge in [0.15, 0.2) is 23.1 Å². The number of hydrogen-bond acceptors (Lipinski definition) is 5. The minimum Gasteiger partial charge on any atom is -0.456 e. The highest BCUT2D eigenvalue weighted by Gasteiger charge is 2.26. The molecule has 69 heavy (non-hydrogen) atoms. The first-order chi connectivity index (χ1) is 34.1. The fraction of sp³-hybridized carbons (Fsp3) is 0. The second-order valence-electron chi connectivity index (χ2n) is 18.0. The molecule has 0 amide bonds. The Hall–Kier alpha value is -9.39. The Balaban J connectivity index is 1.07. The van der Waals surface area contributed by atoms with Crippen molar-refractivity contribution in [3.8, 4) is 51.0 Å². The first-order valence-corrected chi connectivity index (χ1v) is 23.2. The molecule has 0 unspecified atom stereocenters. The summed E-state index contributed by atoms with van der Waals surface area (Å²) in [6.07, 6.45) is 0. The second kappa shape index (κ2) is 14.6. The molecule has 0 N–H and O–H groups in total. The quantitative estimate of drug-likeness (QED) is 0.172. The number of para-hydroxylation sites is 1. The van der Waals surface area contributed by atoms with E-state index in [0.29, 0.717) is 17.5 Å². The Morgan fingerprint density at radius 3 is 1.49 bits per heavy atom. The molecule has 6 nitrogen and oxygen atoms in total. The molecule has 0 aliphatic carbocycles. The molecular formula is C63H36N4O2. The van der Waals surface area contributed by atoms with Gasteiger partial charge >= 0.3 is 0 Å². The molecule has 0 atom stereocenters. The molecule has 15 aromatic rings. The number of hydrogen-bond donors (Lipinski definition) is 0. The van der Waals surface area contributed by atoms with E-state index in [1.165, 1.54) is 10.8 Å². The highest BCUT2D eigenvalue weighted by molar-refractivity contribution is 6.20. The summed E-state index contributed by atoms with van der Waals surface area (Å²) in [4.78, 5) is 16.2. The van der Waals surface area contributed by atoms with Gasteiger partial charge in [-0.05, 0) is 116 Å². The molecule has 0 spiro atoms. The Morgan fingerprint density at radius 2 is 0.797 bits per heavy atom. The fourth-order valence-corrected chi connectivity index (χ4v) is 10.6. The lowest BCUT2D eigenvalue weighted by Crippen LogP contribution is -2.04. The van der Waals surface area contributed by atoms with E-state index in [9.17, 15) is 0 Å². The zero-order chi connectivity index (χ0) is 45.2. The molecule has 4 aromatic heterocycles. The van der Waals surface area contributed by atoms with Crippen molar-refractivity contribution in [2.24, 2.45) is 0 Å². The highest BCUT2D eigenvalue weighted by Crippen LogP contribution is 2.45. The molecule has 0 bridgehead atoms. The maximum absolute atomic E-state index is 7.22. The Morgan fingerprint density at radius 1 is 0.290 bits per heavy atom. The third-order valence-electron chi connectivity index (χ3n) is 13.9. The lowest BCUT2D eigenvalue weighted by atomic mass is 10.0. The van der Waals surface area contributed by atoms with Crippen LogP contribution in [0.5, 0.6) is 0 Å². The zero-order valence-electron chi connectivity index (χ0n) is 36.9. The van der Waals surface area contributed by atoms with Gasteiger partial charge in [-0.3, -0.25) is 0 Å². The molecule has 0 radical (unpaired) electrons. The lowest BCUT2D eigenvalue weighted by molar-refractivity contribution is 0.667. The van der Waals surface area contributed by atoms with Crippen molar-refractivity contribution in [1.82, 2.24) is 19.5 Å². The SMILES string of the molecule is c1ccc(-c2cccc(-c3nc(-c4ccc5c(c4)oc4ccccc45)nc(-c4ccc5c(oc6cc7ccccc7cc65)c4-n4c5cc6ccccc6cc5c5cc6ccccc6cc54)n3)c2)cc1. The number of furan rings is 2. The smallest absolute Gasteiger partial charge is 0.166 e. The molecule has 11 aromatic carbocycles. The Kier molecular flexibility index (Phi) is 7.97. The van der Waals surface area contributed by atoms with E-state index in [2.05, 4.69) is 199 Å². The fourth-order valence-electron chi connectivity index (χ4n) is 10.6. The summed E-state index contributed by atoms with van der Waals surface area (Å²) in [6.45, 7) is 0. The van der Waals surface area contributed by atoms with Gasteiger partial charge in [0.1, 0.15) is 22.4 Å². The van der Waals surface area contributed by atoms with Crippen molar-refractivity contribution < 1.29 is 8.83 Å². The van der Waals surface area contributed by atoms with Crippen LogP contribution in [0.4, 0.5) is 0 Å². The molecule has 0 saturated heterocycles. The first kappa shape index (κ1) is 37.8. The molecule has 6 heteroatoms. The summed E-state index contributed by atoms with van der Waals surface area (Å²) in [5.74, 6) is 1.60. The standard InChI is InChI=1S/C63H36N4O2/c1-2-13-37(14-3-1)38-21-12-22-45(29-38)61-64-62(46-25-26-48-47-23-10-11-24-56(47)68-57(48)36-46)66-63(65-61)50-28-27-49-53-32-41-17-6-9-20-44(41)35-58(53)69-60(49)59(50)67-54-33-42-18-7-4-15-39(42)30-51(54)52-31-40-16-5-8-19-43(40)34-55(52)67/h1-36H. The topological polar surface area (TPSA) is 69.9 Å². The number of fused-ring (bicyclic) bond motifs is 12. The van der Waals surface area contributed by atoms with E-state index in [-0.39, 0.29) is 0 Å². The van der Waals surface area contributed by atoms with Crippen LogP contribution < -0.4 is 0 Å². The van der Waals surface area contributed by atoms with Crippen molar-refractivity contribution in [1.29, 1.82) is 0 Å². The van der Waals surface area contributed by atoms with E-state index in [0.717, 1.165) is 121 Å². The van der Waals surface area contributed by atoms with Crippen LogP contribution in [0.3, 0.4) is 0 Å². The summed E-state index contributed by atoms with van der Waals surface area (Å²) >= 11 is 0. The third-order valence-corrected chi connectivity index (χ3v) is 13.9. The van der Waals surface area contributed by atoms with Crippen LogP contribution in [-0.2, 0) is 0 Å². The number of rotatable bonds is 5.